The van der Waals surface area contributed by atoms with Crippen molar-refractivity contribution in [3.63, 3.8) is 0 Å². The molecule has 10 nitrogen and oxygen atoms in total. The standard InChI is InChI=1S/C27H34F2N6O4S/c1-5-35(27(32-2)10-8-15(9-11-27)25(38)34(3)4)26(39)21-23(37)22(36)18(14-33-21)24(31)40-20(30)12-16-6-7-17(28)13-19(16)29/h6-7,13-15,30-32,37H,5,8-12H2,1-4H3,(H,33,36). The number of nitrogens with one attached hydrogen (secondary N) is 4. The van der Waals surface area contributed by atoms with Crippen LogP contribution in [0.4, 0.5) is 8.78 Å². The molecule has 1 heterocycles. The van der Waals surface area contributed by atoms with Gasteiger partial charge in [-0.15, -0.1) is 0 Å². The van der Waals surface area contributed by atoms with Gasteiger partial charge in [-0.25, -0.2) is 8.78 Å². The topological polar surface area (TPSA) is 153 Å². The van der Waals surface area contributed by atoms with Gasteiger partial charge in [-0.1, -0.05) is 17.8 Å². The monoisotopic (exact) mass is 576 g/mol. The highest BCUT2D eigenvalue weighted by molar-refractivity contribution is 8.26. The molecule has 5 N–H and O–H groups in total. The van der Waals surface area contributed by atoms with Crippen LogP contribution in [0, 0.1) is 28.4 Å². The fourth-order valence-electron chi connectivity index (χ4n) is 5.04. The van der Waals surface area contributed by atoms with Crippen molar-refractivity contribution in [2.75, 3.05) is 27.7 Å². The van der Waals surface area contributed by atoms with Crippen LogP contribution in [0.2, 0.25) is 0 Å². The van der Waals surface area contributed by atoms with Crippen molar-refractivity contribution in [3.8, 4) is 5.75 Å². The highest BCUT2D eigenvalue weighted by Gasteiger charge is 2.43. The number of rotatable bonds is 8. The molecule has 1 saturated carbocycles. The lowest BCUT2D eigenvalue weighted by Crippen LogP contribution is -2.61. The minimum absolute atomic E-state index is 0.0350. The summed E-state index contributed by atoms with van der Waals surface area (Å²) in [5.74, 6) is -3.17. The number of amides is 2. The Hall–Kier alpha value is -3.58. The van der Waals surface area contributed by atoms with E-state index >= 15 is 0 Å². The number of aromatic hydroxyl groups is 1. The van der Waals surface area contributed by atoms with Gasteiger partial charge >= 0.3 is 0 Å². The molecular weight excluding hydrogens is 542 g/mol. The van der Waals surface area contributed by atoms with Crippen molar-refractivity contribution in [2.24, 2.45) is 5.92 Å². The number of aromatic amines is 1. The van der Waals surface area contributed by atoms with Gasteiger partial charge in [-0.3, -0.25) is 30.5 Å². The van der Waals surface area contributed by atoms with Crippen LogP contribution in [0.25, 0.3) is 0 Å². The minimum atomic E-state index is -0.963. The molecule has 40 heavy (non-hydrogen) atoms. The normalized spacial score (nSPS) is 18.7. The third-order valence-corrected chi connectivity index (χ3v) is 8.07. The molecule has 1 aromatic carbocycles. The van der Waals surface area contributed by atoms with E-state index in [0.29, 0.717) is 43.5 Å². The number of hydrogen-bond donors (Lipinski definition) is 5. The van der Waals surface area contributed by atoms with Crippen molar-refractivity contribution in [3.05, 3.63) is 63.1 Å². The Balaban J connectivity index is 1.78. The lowest BCUT2D eigenvalue weighted by atomic mass is 9.80. The SMILES string of the molecule is CCN(C(=O)c1[nH]cc(C(=N)SC(=N)Cc2ccc(F)cc2F)c(=O)c1O)C1(NC)CCC(C(=O)N(C)C)CC1. The molecule has 13 heteroatoms. The molecule has 0 atom stereocenters. The molecule has 216 valence electrons. The van der Waals surface area contributed by atoms with Crippen molar-refractivity contribution in [2.45, 2.75) is 44.7 Å². The highest BCUT2D eigenvalue weighted by atomic mass is 32.2. The minimum Gasteiger partial charge on any atom is -0.503 e. The van der Waals surface area contributed by atoms with Crippen molar-refractivity contribution < 1.29 is 23.5 Å². The fraction of sp³-hybridized carbons (Fsp3) is 0.444. The van der Waals surface area contributed by atoms with E-state index in [1.54, 1.807) is 33.0 Å². The Morgan fingerprint density at radius 2 is 1.88 bits per heavy atom. The van der Waals surface area contributed by atoms with Gasteiger partial charge in [-0.05, 0) is 51.3 Å². The molecule has 0 unspecified atom stereocenters. The zero-order valence-electron chi connectivity index (χ0n) is 22.9. The van der Waals surface area contributed by atoms with Crippen LogP contribution in [-0.2, 0) is 11.2 Å². The van der Waals surface area contributed by atoms with Gasteiger partial charge < -0.3 is 19.9 Å². The third kappa shape index (κ3) is 6.41. The quantitative estimate of drug-likeness (QED) is 0.185. The molecule has 1 fully saturated rings. The molecule has 0 saturated heterocycles. The number of thioether (sulfide) groups is 1. The molecule has 2 amide bonds. The van der Waals surface area contributed by atoms with E-state index in [1.807, 2.05) is 0 Å². The maximum Gasteiger partial charge on any atom is 0.275 e. The lowest BCUT2D eigenvalue weighted by Gasteiger charge is -2.47. The van der Waals surface area contributed by atoms with Gasteiger partial charge in [0, 0.05) is 45.2 Å². The Bertz CT molecular complexity index is 1370. The predicted molar refractivity (Wildman–Crippen MR) is 150 cm³/mol. The van der Waals surface area contributed by atoms with Crippen LogP contribution in [0.15, 0.2) is 29.2 Å². The largest absolute Gasteiger partial charge is 0.503 e. The number of H-pyrrole nitrogens is 1. The van der Waals surface area contributed by atoms with Crippen LogP contribution < -0.4 is 10.7 Å². The van der Waals surface area contributed by atoms with Crippen molar-refractivity contribution in [1.82, 2.24) is 20.1 Å². The summed E-state index contributed by atoms with van der Waals surface area (Å²) in [5, 5.41) is 29.7. The van der Waals surface area contributed by atoms with Crippen LogP contribution in [0.1, 0.15) is 54.2 Å². The molecule has 3 rings (SSSR count). The van der Waals surface area contributed by atoms with Gasteiger partial charge in [0.25, 0.3) is 5.91 Å². The number of benzene rings is 1. The number of nitrogens with zero attached hydrogens (tertiary/aromatic N) is 2. The first kappa shape index (κ1) is 31.0. The number of aromatic nitrogens is 1. The van der Waals surface area contributed by atoms with Crippen LogP contribution >= 0.6 is 11.8 Å². The Labute approximate surface area is 235 Å². The average Bonchev–Trinajstić information content (AvgIpc) is 2.91. The summed E-state index contributed by atoms with van der Waals surface area (Å²) in [6.45, 7) is 2.04. The summed E-state index contributed by atoms with van der Waals surface area (Å²) >= 11 is 0.577. The fourth-order valence-corrected chi connectivity index (χ4v) is 5.78. The molecule has 1 aliphatic carbocycles. The molecule has 0 spiro atoms. The van der Waals surface area contributed by atoms with Gasteiger partial charge in [0.2, 0.25) is 11.3 Å². The Kier molecular flexibility index (Phi) is 9.85. The molecule has 2 aromatic rings. The van der Waals surface area contributed by atoms with Gasteiger partial charge in [0.15, 0.2) is 11.4 Å². The summed E-state index contributed by atoms with van der Waals surface area (Å²) in [4.78, 5) is 44.7. The van der Waals surface area contributed by atoms with Crippen LogP contribution in [-0.4, -0.2) is 75.1 Å². The molecule has 0 radical (unpaired) electrons. The van der Waals surface area contributed by atoms with E-state index in [2.05, 4.69) is 10.3 Å². The third-order valence-electron chi connectivity index (χ3n) is 7.25. The van der Waals surface area contributed by atoms with E-state index < -0.39 is 34.4 Å². The van der Waals surface area contributed by atoms with E-state index in [0.717, 1.165) is 12.3 Å². The average molecular weight is 577 g/mol. The molecule has 0 aliphatic heterocycles. The smallest absolute Gasteiger partial charge is 0.275 e. The lowest BCUT2D eigenvalue weighted by molar-refractivity contribution is -0.135. The van der Waals surface area contributed by atoms with Gasteiger partial charge in [0.05, 0.1) is 16.3 Å². The Morgan fingerprint density at radius 1 is 1.23 bits per heavy atom. The summed E-state index contributed by atoms with van der Waals surface area (Å²) in [7, 11) is 5.14. The number of carbonyl (C=O) groups is 2. The van der Waals surface area contributed by atoms with Gasteiger partial charge in [0.1, 0.15) is 16.7 Å². The Morgan fingerprint density at radius 3 is 2.42 bits per heavy atom. The summed E-state index contributed by atoms with van der Waals surface area (Å²) in [5.41, 5.74) is -2.29. The maximum atomic E-state index is 13.9. The first-order valence-corrected chi connectivity index (χ1v) is 13.6. The predicted octanol–water partition coefficient (Wildman–Crippen LogP) is 3.29. The van der Waals surface area contributed by atoms with Crippen molar-refractivity contribution >= 4 is 33.7 Å². The van der Waals surface area contributed by atoms with Crippen molar-refractivity contribution in [1.29, 1.82) is 10.8 Å². The van der Waals surface area contributed by atoms with E-state index in [-0.39, 0.29) is 51.7 Å². The van der Waals surface area contributed by atoms with E-state index in [9.17, 15) is 28.3 Å². The number of carbonyl (C=O) groups excluding carboxylic acids is 2. The maximum absolute atomic E-state index is 13.9. The summed E-state index contributed by atoms with van der Waals surface area (Å²) in [6, 6.07) is 2.96. The van der Waals surface area contributed by atoms with Crippen LogP contribution in [0.3, 0.4) is 0 Å². The zero-order chi connectivity index (χ0) is 29.8. The zero-order valence-corrected chi connectivity index (χ0v) is 23.7. The number of pyridine rings is 1. The van der Waals surface area contributed by atoms with E-state index in [1.165, 1.54) is 11.0 Å². The second-order valence-corrected chi connectivity index (χ2v) is 11.0. The van der Waals surface area contributed by atoms with Crippen LogP contribution in [0.5, 0.6) is 5.75 Å². The number of hydrogen-bond acceptors (Lipinski definition) is 8. The highest BCUT2D eigenvalue weighted by Crippen LogP contribution is 2.36. The number of halogens is 2. The van der Waals surface area contributed by atoms with E-state index in [4.69, 9.17) is 10.8 Å². The summed E-state index contributed by atoms with van der Waals surface area (Å²) in [6.07, 6.45) is 3.01. The molecule has 1 aromatic heterocycles. The second-order valence-electron chi connectivity index (χ2n) is 9.86. The molecule has 1 aliphatic rings. The molecular formula is C27H34F2N6O4S. The summed E-state index contributed by atoms with van der Waals surface area (Å²) < 4.78 is 27.1. The first-order valence-electron chi connectivity index (χ1n) is 12.8. The van der Waals surface area contributed by atoms with Gasteiger partial charge in [-0.2, -0.15) is 0 Å². The first-order chi connectivity index (χ1) is 18.8. The molecule has 0 bridgehead atoms. The second kappa shape index (κ2) is 12.7.